The van der Waals surface area contributed by atoms with Crippen LogP contribution < -0.4 is 15.5 Å². The fraction of sp³-hybridized carbons (Fsp3) is 0.375. The molecule has 0 aliphatic carbocycles. The minimum atomic E-state index is -0.365. The van der Waals surface area contributed by atoms with Gasteiger partial charge in [-0.15, -0.1) is 0 Å². The van der Waals surface area contributed by atoms with Crippen molar-refractivity contribution in [1.82, 2.24) is 24.3 Å². The van der Waals surface area contributed by atoms with Crippen molar-refractivity contribution >= 4 is 40.2 Å². The number of benzene rings is 2. The second-order valence-electron chi connectivity index (χ2n) is 10.8. The van der Waals surface area contributed by atoms with Crippen molar-refractivity contribution in [3.63, 3.8) is 0 Å². The predicted octanol–water partition coefficient (Wildman–Crippen LogP) is 4.38. The first-order valence-electron chi connectivity index (χ1n) is 15.0. The summed E-state index contributed by atoms with van der Waals surface area (Å²) in [7, 11) is 0. The van der Waals surface area contributed by atoms with Crippen LogP contribution in [0, 0.1) is 0 Å². The Bertz CT molecular complexity index is 1570. The van der Waals surface area contributed by atoms with E-state index >= 15 is 0 Å². The molecule has 2 aliphatic rings. The van der Waals surface area contributed by atoms with Crippen LogP contribution in [0.4, 0.5) is 22.0 Å². The number of nitrogens with zero attached hydrogens (tertiary/aromatic N) is 6. The summed E-state index contributed by atoms with van der Waals surface area (Å²) < 4.78 is 7.68. The van der Waals surface area contributed by atoms with E-state index in [1.807, 2.05) is 29.2 Å². The molecule has 2 N–H and O–H groups in total. The van der Waals surface area contributed by atoms with Crippen LogP contribution in [-0.4, -0.2) is 95.3 Å². The first-order chi connectivity index (χ1) is 21.0. The summed E-state index contributed by atoms with van der Waals surface area (Å²) in [4.78, 5) is 41.9. The zero-order chi connectivity index (χ0) is 29.8. The molecule has 2 aromatic heterocycles. The van der Waals surface area contributed by atoms with Crippen molar-refractivity contribution in [2.45, 2.75) is 20.4 Å². The number of aryl methyl sites for hydroxylation is 1. The van der Waals surface area contributed by atoms with Crippen LogP contribution in [0.1, 0.15) is 24.2 Å². The van der Waals surface area contributed by atoms with E-state index < -0.39 is 0 Å². The van der Waals surface area contributed by atoms with Gasteiger partial charge in [-0.25, -0.2) is 14.8 Å². The zero-order valence-corrected chi connectivity index (χ0v) is 24.8. The molecule has 4 heterocycles. The number of morpholine rings is 1. The highest BCUT2D eigenvalue weighted by molar-refractivity contribution is 6.00. The number of nitrogens with one attached hydrogen (secondary N) is 2. The van der Waals surface area contributed by atoms with Crippen LogP contribution in [-0.2, 0) is 11.3 Å². The van der Waals surface area contributed by atoms with Crippen LogP contribution in [0.2, 0.25) is 0 Å². The average Bonchev–Trinajstić information content (AvgIpc) is 3.48. The fourth-order valence-corrected chi connectivity index (χ4v) is 5.59. The predicted molar refractivity (Wildman–Crippen MR) is 169 cm³/mol. The second kappa shape index (κ2) is 12.8. The summed E-state index contributed by atoms with van der Waals surface area (Å²) in [6.45, 7) is 12.2. The van der Waals surface area contributed by atoms with Gasteiger partial charge in [-0.2, -0.15) is 0 Å². The van der Waals surface area contributed by atoms with E-state index in [2.05, 4.69) is 51.1 Å². The molecule has 2 aromatic carbocycles. The van der Waals surface area contributed by atoms with Crippen LogP contribution in [0.25, 0.3) is 22.4 Å². The maximum atomic E-state index is 12.9. The number of carbonyl (C=O) groups excluding carboxylic acids is 2. The number of fused-ring (bicyclic) bond motifs is 1. The van der Waals surface area contributed by atoms with Gasteiger partial charge in [-0.3, -0.25) is 4.79 Å². The molecule has 2 saturated heterocycles. The molecule has 2 aliphatic heterocycles. The van der Waals surface area contributed by atoms with Crippen molar-refractivity contribution in [2.75, 3.05) is 74.6 Å². The molecule has 0 radical (unpaired) electrons. The largest absolute Gasteiger partial charge is 0.378 e. The van der Waals surface area contributed by atoms with E-state index in [4.69, 9.17) is 14.7 Å². The number of rotatable bonds is 7. The minimum absolute atomic E-state index is 0.0231. The van der Waals surface area contributed by atoms with Gasteiger partial charge in [0.05, 0.1) is 18.6 Å². The van der Waals surface area contributed by atoms with Crippen LogP contribution in [0.3, 0.4) is 0 Å². The Balaban J connectivity index is 1.10. The lowest BCUT2D eigenvalue weighted by Crippen LogP contribution is -2.48. The first kappa shape index (κ1) is 28.6. The van der Waals surface area contributed by atoms with Crippen LogP contribution in [0.5, 0.6) is 0 Å². The van der Waals surface area contributed by atoms with Gasteiger partial charge >= 0.3 is 6.03 Å². The molecule has 3 amide bonds. The smallest absolute Gasteiger partial charge is 0.323 e. The van der Waals surface area contributed by atoms with E-state index in [9.17, 15) is 9.59 Å². The number of urea groups is 1. The number of hydrogen-bond donors (Lipinski definition) is 2. The Labute approximate surface area is 251 Å². The van der Waals surface area contributed by atoms with Gasteiger partial charge in [-0.05, 0) is 68.1 Å². The van der Waals surface area contributed by atoms with E-state index in [1.54, 1.807) is 24.3 Å². The molecular formula is C32H38N8O3. The standard InChI is InChI=1S/C32H38N8O3/c1-3-37-15-17-40(18-16-37)31(41)24-7-11-26(12-8-24)34-32(42)33-25-9-5-23(6-10-25)28-35-29-27(13-14-38(29)4-2)30(36-28)39-19-21-43-22-20-39/h5-14H,3-4,15-22H2,1-2H3,(H2,33,34,42). The second-order valence-corrected chi connectivity index (χ2v) is 10.8. The first-order valence-corrected chi connectivity index (χ1v) is 15.0. The Morgan fingerprint density at radius 2 is 1.44 bits per heavy atom. The Morgan fingerprint density at radius 3 is 2.07 bits per heavy atom. The fourth-order valence-electron chi connectivity index (χ4n) is 5.59. The highest BCUT2D eigenvalue weighted by atomic mass is 16.5. The third-order valence-corrected chi connectivity index (χ3v) is 8.15. The van der Waals surface area contributed by atoms with Crippen molar-refractivity contribution in [2.24, 2.45) is 0 Å². The number of anilines is 3. The SMILES string of the molecule is CCN1CCN(C(=O)c2ccc(NC(=O)Nc3ccc(-c4nc(N5CCOCC5)c5ccn(CC)c5n4)cc3)cc2)CC1. The van der Waals surface area contributed by atoms with E-state index in [0.29, 0.717) is 36.0 Å². The highest BCUT2D eigenvalue weighted by Gasteiger charge is 2.22. The molecule has 2 fully saturated rings. The Kier molecular flexibility index (Phi) is 8.52. The molecule has 6 rings (SSSR count). The molecule has 224 valence electrons. The molecule has 43 heavy (non-hydrogen) atoms. The number of carbonyl (C=O) groups is 2. The third-order valence-electron chi connectivity index (χ3n) is 8.15. The molecule has 0 atom stereocenters. The molecule has 4 aromatic rings. The summed E-state index contributed by atoms with van der Waals surface area (Å²) in [5.74, 6) is 1.58. The van der Waals surface area contributed by atoms with Crippen LogP contribution >= 0.6 is 0 Å². The molecule has 0 spiro atoms. The number of amides is 3. The summed E-state index contributed by atoms with van der Waals surface area (Å²) >= 11 is 0. The van der Waals surface area contributed by atoms with Crippen molar-refractivity contribution in [1.29, 1.82) is 0 Å². The summed E-state index contributed by atoms with van der Waals surface area (Å²) in [6.07, 6.45) is 2.05. The normalized spacial score (nSPS) is 16.0. The monoisotopic (exact) mass is 582 g/mol. The van der Waals surface area contributed by atoms with Crippen molar-refractivity contribution in [3.8, 4) is 11.4 Å². The molecule has 0 saturated carbocycles. The number of aromatic nitrogens is 3. The zero-order valence-electron chi connectivity index (χ0n) is 24.8. The number of ether oxygens (including phenoxy) is 1. The maximum Gasteiger partial charge on any atom is 0.323 e. The van der Waals surface area contributed by atoms with Gasteiger partial charge in [0.2, 0.25) is 0 Å². The van der Waals surface area contributed by atoms with Crippen molar-refractivity contribution in [3.05, 3.63) is 66.4 Å². The number of piperazine rings is 1. The molecule has 11 heteroatoms. The lowest BCUT2D eigenvalue weighted by molar-refractivity contribution is 0.0643. The van der Waals surface area contributed by atoms with Gasteiger partial charge < -0.3 is 34.6 Å². The number of likely N-dealkylation sites (N-methyl/N-ethyl adjacent to an activating group) is 1. The van der Waals surface area contributed by atoms with E-state index in [1.165, 1.54) is 0 Å². The third kappa shape index (κ3) is 6.32. The molecule has 0 unspecified atom stereocenters. The van der Waals surface area contributed by atoms with Gasteiger partial charge in [0.15, 0.2) is 5.82 Å². The topological polar surface area (TPSA) is 108 Å². The summed E-state index contributed by atoms with van der Waals surface area (Å²) in [5, 5.41) is 6.76. The van der Waals surface area contributed by atoms with Gasteiger partial charge in [0, 0.05) is 74.5 Å². The van der Waals surface area contributed by atoms with Gasteiger partial charge in [0.1, 0.15) is 11.5 Å². The number of hydrogen-bond acceptors (Lipinski definition) is 7. The lowest BCUT2D eigenvalue weighted by atomic mass is 10.1. The van der Waals surface area contributed by atoms with Gasteiger partial charge in [0.25, 0.3) is 5.91 Å². The molecule has 0 bridgehead atoms. The van der Waals surface area contributed by atoms with Crippen molar-refractivity contribution < 1.29 is 14.3 Å². The van der Waals surface area contributed by atoms with E-state index in [0.717, 1.165) is 74.8 Å². The lowest BCUT2D eigenvalue weighted by Gasteiger charge is -2.34. The Morgan fingerprint density at radius 1 is 0.791 bits per heavy atom. The maximum absolute atomic E-state index is 12.9. The summed E-state index contributed by atoms with van der Waals surface area (Å²) in [6, 6.07) is 16.3. The molecule has 11 nitrogen and oxygen atoms in total. The quantitative estimate of drug-likeness (QED) is 0.333. The highest BCUT2D eigenvalue weighted by Crippen LogP contribution is 2.29. The Hall–Kier alpha value is -4.48. The molecular weight excluding hydrogens is 544 g/mol. The average molecular weight is 583 g/mol. The minimum Gasteiger partial charge on any atom is -0.378 e. The van der Waals surface area contributed by atoms with Crippen LogP contribution in [0.15, 0.2) is 60.8 Å². The van der Waals surface area contributed by atoms with Gasteiger partial charge in [-0.1, -0.05) is 6.92 Å². The summed E-state index contributed by atoms with van der Waals surface area (Å²) in [5.41, 5.74) is 3.64. The van der Waals surface area contributed by atoms with E-state index in [-0.39, 0.29) is 11.9 Å².